The van der Waals surface area contributed by atoms with Gasteiger partial charge in [-0.25, -0.2) is 4.98 Å². The molecule has 1 saturated heterocycles. The minimum absolute atomic E-state index is 0.406. The SMILES string of the molecule is COc1cccc(C2CCN(c3ncc(C(F)(F)F)s3)CC2)c1. The molecule has 1 aromatic carbocycles. The largest absolute Gasteiger partial charge is 0.497 e. The van der Waals surface area contributed by atoms with Crippen molar-refractivity contribution in [2.75, 3.05) is 25.1 Å². The molecule has 7 heteroatoms. The topological polar surface area (TPSA) is 25.4 Å². The van der Waals surface area contributed by atoms with Crippen molar-refractivity contribution in [1.29, 1.82) is 0 Å². The maximum absolute atomic E-state index is 12.7. The van der Waals surface area contributed by atoms with Crippen LogP contribution in [-0.2, 0) is 6.18 Å². The quantitative estimate of drug-likeness (QED) is 0.818. The van der Waals surface area contributed by atoms with Crippen molar-refractivity contribution in [3.63, 3.8) is 0 Å². The van der Waals surface area contributed by atoms with E-state index in [1.54, 1.807) is 7.11 Å². The Bertz CT molecular complexity index is 663. The van der Waals surface area contributed by atoms with Crippen molar-refractivity contribution in [2.24, 2.45) is 0 Å². The van der Waals surface area contributed by atoms with E-state index in [1.807, 2.05) is 23.1 Å². The summed E-state index contributed by atoms with van der Waals surface area (Å²) in [6.45, 7) is 1.43. The maximum Gasteiger partial charge on any atom is 0.427 e. The summed E-state index contributed by atoms with van der Waals surface area (Å²) in [6.07, 6.45) is -1.59. The summed E-state index contributed by atoms with van der Waals surface area (Å²) in [5.41, 5.74) is 1.22. The zero-order chi connectivity index (χ0) is 16.4. The third-order valence-corrected chi connectivity index (χ3v) is 5.21. The van der Waals surface area contributed by atoms with Gasteiger partial charge in [-0.3, -0.25) is 0 Å². The number of hydrogen-bond acceptors (Lipinski definition) is 4. The van der Waals surface area contributed by atoms with Gasteiger partial charge in [0.25, 0.3) is 0 Å². The second-order valence-electron chi connectivity index (χ2n) is 5.54. The summed E-state index contributed by atoms with van der Waals surface area (Å²) in [6, 6.07) is 7.99. The van der Waals surface area contributed by atoms with Crippen LogP contribution in [0.5, 0.6) is 5.75 Å². The lowest BCUT2D eigenvalue weighted by molar-refractivity contribution is -0.134. The van der Waals surface area contributed by atoms with E-state index in [0.29, 0.717) is 24.1 Å². The van der Waals surface area contributed by atoms with Gasteiger partial charge in [-0.1, -0.05) is 23.5 Å². The van der Waals surface area contributed by atoms with Crippen LogP contribution >= 0.6 is 11.3 Å². The van der Waals surface area contributed by atoms with Crippen molar-refractivity contribution in [3.05, 3.63) is 40.9 Å². The van der Waals surface area contributed by atoms with Gasteiger partial charge in [0.05, 0.1) is 13.3 Å². The summed E-state index contributed by atoms with van der Waals surface area (Å²) in [7, 11) is 1.64. The number of hydrogen-bond donors (Lipinski definition) is 0. The molecular formula is C16H17F3N2OS. The Morgan fingerprint density at radius 2 is 2.00 bits per heavy atom. The third kappa shape index (κ3) is 3.60. The summed E-state index contributed by atoms with van der Waals surface area (Å²) >= 11 is 0.719. The number of piperidine rings is 1. The van der Waals surface area contributed by atoms with Gasteiger partial charge in [0.1, 0.15) is 10.6 Å². The minimum Gasteiger partial charge on any atom is -0.497 e. The lowest BCUT2D eigenvalue weighted by Crippen LogP contribution is -2.32. The van der Waals surface area contributed by atoms with Crippen LogP contribution in [0.3, 0.4) is 0 Å². The molecule has 2 heterocycles. The van der Waals surface area contributed by atoms with Gasteiger partial charge in [0.2, 0.25) is 0 Å². The van der Waals surface area contributed by atoms with Gasteiger partial charge < -0.3 is 9.64 Å². The highest BCUT2D eigenvalue weighted by atomic mass is 32.1. The Balaban J connectivity index is 1.65. The number of methoxy groups -OCH3 is 1. The smallest absolute Gasteiger partial charge is 0.427 e. The first-order valence-electron chi connectivity index (χ1n) is 7.39. The number of rotatable bonds is 3. The normalized spacial score (nSPS) is 16.6. The molecule has 1 aliphatic heterocycles. The Morgan fingerprint density at radius 3 is 2.61 bits per heavy atom. The van der Waals surface area contributed by atoms with Crippen LogP contribution in [0.2, 0.25) is 0 Å². The fraction of sp³-hybridized carbons (Fsp3) is 0.438. The molecule has 0 N–H and O–H groups in total. The molecule has 1 fully saturated rings. The second-order valence-corrected chi connectivity index (χ2v) is 6.55. The highest BCUT2D eigenvalue weighted by Crippen LogP contribution is 2.38. The molecule has 3 nitrogen and oxygen atoms in total. The molecule has 2 aromatic rings. The number of ether oxygens (including phenoxy) is 1. The standard InChI is InChI=1S/C16H17F3N2OS/c1-22-13-4-2-3-12(9-13)11-5-7-21(8-6-11)15-20-10-14(23-15)16(17,18)19/h2-4,9-11H,5-8H2,1H3. The molecule has 0 unspecified atom stereocenters. The maximum atomic E-state index is 12.7. The van der Waals surface area contributed by atoms with E-state index < -0.39 is 11.1 Å². The third-order valence-electron chi connectivity index (χ3n) is 4.10. The summed E-state index contributed by atoms with van der Waals surface area (Å²) in [5, 5.41) is 0.460. The average Bonchev–Trinajstić information content (AvgIpc) is 3.05. The predicted molar refractivity (Wildman–Crippen MR) is 84.3 cm³/mol. The molecular weight excluding hydrogens is 325 g/mol. The van der Waals surface area contributed by atoms with E-state index in [9.17, 15) is 13.2 Å². The fourth-order valence-electron chi connectivity index (χ4n) is 2.84. The van der Waals surface area contributed by atoms with Crippen LogP contribution in [0.4, 0.5) is 18.3 Å². The average molecular weight is 342 g/mol. The molecule has 0 bridgehead atoms. The molecule has 1 aliphatic rings. The molecule has 1 aromatic heterocycles. The van der Waals surface area contributed by atoms with E-state index in [2.05, 4.69) is 11.1 Å². The van der Waals surface area contributed by atoms with Crippen LogP contribution in [-0.4, -0.2) is 25.2 Å². The molecule has 0 aliphatic carbocycles. The zero-order valence-electron chi connectivity index (χ0n) is 12.6. The molecule has 0 spiro atoms. The van der Waals surface area contributed by atoms with Crippen molar-refractivity contribution in [2.45, 2.75) is 24.9 Å². The Morgan fingerprint density at radius 1 is 1.26 bits per heavy atom. The van der Waals surface area contributed by atoms with Gasteiger partial charge in [-0.2, -0.15) is 13.2 Å². The van der Waals surface area contributed by atoms with E-state index in [1.165, 1.54) is 5.56 Å². The second kappa shape index (κ2) is 6.39. The van der Waals surface area contributed by atoms with Gasteiger partial charge in [-0.15, -0.1) is 0 Å². The highest BCUT2D eigenvalue weighted by Gasteiger charge is 2.34. The van der Waals surface area contributed by atoms with E-state index in [4.69, 9.17) is 4.74 Å². The molecule has 0 atom stereocenters. The molecule has 0 amide bonds. The van der Waals surface area contributed by atoms with Gasteiger partial charge in [-0.05, 0) is 36.5 Å². The molecule has 0 saturated carbocycles. The summed E-state index contributed by atoms with van der Waals surface area (Å²) in [5.74, 6) is 1.24. The van der Waals surface area contributed by atoms with Crippen LogP contribution in [0.25, 0.3) is 0 Å². The number of nitrogens with zero attached hydrogens (tertiary/aromatic N) is 2. The van der Waals surface area contributed by atoms with Crippen LogP contribution in [0.15, 0.2) is 30.5 Å². The lowest BCUT2D eigenvalue weighted by Gasteiger charge is -2.32. The van der Waals surface area contributed by atoms with Crippen LogP contribution in [0.1, 0.15) is 29.2 Å². The first-order chi connectivity index (χ1) is 11.0. The van der Waals surface area contributed by atoms with E-state index in [-0.39, 0.29) is 0 Å². The van der Waals surface area contributed by atoms with Gasteiger partial charge >= 0.3 is 6.18 Å². The fourth-order valence-corrected chi connectivity index (χ4v) is 3.68. The lowest BCUT2D eigenvalue weighted by atomic mass is 9.89. The monoisotopic (exact) mass is 342 g/mol. The zero-order valence-corrected chi connectivity index (χ0v) is 13.5. The minimum atomic E-state index is -4.31. The van der Waals surface area contributed by atoms with Crippen molar-refractivity contribution < 1.29 is 17.9 Å². The van der Waals surface area contributed by atoms with Crippen molar-refractivity contribution in [1.82, 2.24) is 4.98 Å². The molecule has 124 valence electrons. The van der Waals surface area contributed by atoms with E-state index in [0.717, 1.165) is 36.1 Å². The number of alkyl halides is 3. The Kier molecular flexibility index (Phi) is 4.48. The number of benzene rings is 1. The van der Waals surface area contributed by atoms with Gasteiger partial charge in [0.15, 0.2) is 5.13 Å². The first-order valence-corrected chi connectivity index (χ1v) is 8.21. The first kappa shape index (κ1) is 16.1. The molecule has 0 radical (unpaired) electrons. The van der Waals surface area contributed by atoms with Crippen molar-refractivity contribution >= 4 is 16.5 Å². The van der Waals surface area contributed by atoms with E-state index >= 15 is 0 Å². The highest BCUT2D eigenvalue weighted by molar-refractivity contribution is 7.15. The number of aromatic nitrogens is 1. The Hall–Kier alpha value is -1.76. The summed E-state index contributed by atoms with van der Waals surface area (Å²) in [4.78, 5) is 5.24. The number of halogens is 3. The van der Waals surface area contributed by atoms with Crippen LogP contribution in [0, 0.1) is 0 Å². The Labute approximate surface area is 136 Å². The number of thiazole rings is 1. The van der Waals surface area contributed by atoms with Gasteiger partial charge in [0, 0.05) is 13.1 Å². The van der Waals surface area contributed by atoms with Crippen molar-refractivity contribution in [3.8, 4) is 5.75 Å². The molecule has 23 heavy (non-hydrogen) atoms. The van der Waals surface area contributed by atoms with Crippen LogP contribution < -0.4 is 9.64 Å². The predicted octanol–water partition coefficient (Wildman–Crippen LogP) is 4.55. The summed E-state index contributed by atoms with van der Waals surface area (Å²) < 4.78 is 43.2. The molecule has 3 rings (SSSR count). The number of anilines is 1.